The van der Waals surface area contributed by atoms with Crippen molar-refractivity contribution in [3.8, 4) is 16.9 Å². The molecule has 2 aromatic carbocycles. The molecule has 3 aromatic rings. The van der Waals surface area contributed by atoms with Crippen LogP contribution in [0.25, 0.3) is 11.1 Å². The number of pyridine rings is 1. The average molecular weight is 442 g/mol. The lowest BCUT2D eigenvalue weighted by Crippen LogP contribution is -2.21. The second kappa shape index (κ2) is 8.90. The molecule has 0 radical (unpaired) electrons. The Balaban J connectivity index is 1.52. The van der Waals surface area contributed by atoms with Crippen LogP contribution in [0.1, 0.15) is 33.8 Å². The number of carbonyl (C=O) groups is 1. The molecule has 1 unspecified atom stereocenters. The molecule has 0 aliphatic carbocycles. The van der Waals surface area contributed by atoms with E-state index < -0.39 is 17.7 Å². The van der Waals surface area contributed by atoms with Crippen LogP contribution in [0.2, 0.25) is 0 Å². The molecule has 2 heterocycles. The second-order valence-corrected chi connectivity index (χ2v) is 7.46. The fourth-order valence-electron chi connectivity index (χ4n) is 3.76. The number of nitrogens with one attached hydrogen (secondary N) is 1. The standard InChI is InChI=1S/C24H21F3N2O3/c1-31-23(30)20-8-10-28-14-21(20)29-13-17-9-11-32-22-12-16(4-7-19(17)22)15-2-5-18(6-3-15)24(25,26)27/h2-8,10,12,14,17,29H,9,11,13H2,1H3. The number of halogens is 3. The molecule has 0 spiro atoms. The lowest BCUT2D eigenvalue weighted by Gasteiger charge is -2.27. The predicted molar refractivity (Wildman–Crippen MR) is 114 cm³/mol. The van der Waals surface area contributed by atoms with Gasteiger partial charge in [0.2, 0.25) is 0 Å². The van der Waals surface area contributed by atoms with Crippen molar-refractivity contribution < 1.29 is 27.4 Å². The topological polar surface area (TPSA) is 60.5 Å². The Bertz CT molecular complexity index is 1110. The summed E-state index contributed by atoms with van der Waals surface area (Å²) in [6, 6.07) is 12.4. The Hall–Kier alpha value is -3.55. The Labute approximate surface area is 183 Å². The van der Waals surface area contributed by atoms with Gasteiger partial charge in [-0.1, -0.05) is 24.3 Å². The Morgan fingerprint density at radius 3 is 2.62 bits per heavy atom. The summed E-state index contributed by atoms with van der Waals surface area (Å²) in [7, 11) is 1.33. The van der Waals surface area contributed by atoms with Gasteiger partial charge in [0.15, 0.2) is 0 Å². The van der Waals surface area contributed by atoms with Gasteiger partial charge < -0.3 is 14.8 Å². The number of hydrogen-bond acceptors (Lipinski definition) is 5. The highest BCUT2D eigenvalue weighted by atomic mass is 19.4. The summed E-state index contributed by atoms with van der Waals surface area (Å²) in [5, 5.41) is 3.28. The molecule has 0 bridgehead atoms. The van der Waals surface area contributed by atoms with Crippen molar-refractivity contribution in [3.63, 3.8) is 0 Å². The highest BCUT2D eigenvalue weighted by Crippen LogP contribution is 2.38. The minimum Gasteiger partial charge on any atom is -0.493 e. The van der Waals surface area contributed by atoms with Crippen molar-refractivity contribution in [1.29, 1.82) is 0 Å². The van der Waals surface area contributed by atoms with Crippen LogP contribution < -0.4 is 10.1 Å². The van der Waals surface area contributed by atoms with E-state index >= 15 is 0 Å². The Morgan fingerprint density at radius 2 is 1.91 bits per heavy atom. The van der Waals surface area contributed by atoms with E-state index in [1.807, 2.05) is 18.2 Å². The predicted octanol–water partition coefficient (Wildman–Crippen LogP) is 5.53. The molecule has 166 valence electrons. The van der Waals surface area contributed by atoms with E-state index in [1.54, 1.807) is 12.3 Å². The van der Waals surface area contributed by atoms with E-state index in [0.29, 0.717) is 35.7 Å². The highest BCUT2D eigenvalue weighted by Gasteiger charge is 2.30. The number of esters is 1. The first-order chi connectivity index (χ1) is 15.4. The lowest BCUT2D eigenvalue weighted by atomic mass is 9.90. The zero-order valence-electron chi connectivity index (χ0n) is 17.3. The van der Waals surface area contributed by atoms with E-state index in [2.05, 4.69) is 10.3 Å². The van der Waals surface area contributed by atoms with E-state index in [-0.39, 0.29) is 5.92 Å². The third kappa shape index (κ3) is 4.54. The molecule has 0 saturated heterocycles. The van der Waals surface area contributed by atoms with Gasteiger partial charge in [-0.05, 0) is 47.4 Å². The molecule has 1 N–H and O–H groups in total. The number of ether oxygens (including phenoxy) is 2. The van der Waals surface area contributed by atoms with Gasteiger partial charge in [-0.2, -0.15) is 13.2 Å². The molecule has 0 saturated carbocycles. The van der Waals surface area contributed by atoms with E-state index in [4.69, 9.17) is 9.47 Å². The van der Waals surface area contributed by atoms with E-state index in [9.17, 15) is 18.0 Å². The van der Waals surface area contributed by atoms with Gasteiger partial charge in [-0.25, -0.2) is 4.79 Å². The number of fused-ring (bicyclic) bond motifs is 1. The first-order valence-electron chi connectivity index (χ1n) is 10.1. The molecule has 5 nitrogen and oxygen atoms in total. The van der Waals surface area contributed by atoms with Crippen molar-refractivity contribution in [2.45, 2.75) is 18.5 Å². The van der Waals surface area contributed by atoms with Crippen LogP contribution in [0.5, 0.6) is 5.75 Å². The number of aromatic nitrogens is 1. The summed E-state index contributed by atoms with van der Waals surface area (Å²) in [6.45, 7) is 1.08. The van der Waals surface area contributed by atoms with Crippen LogP contribution in [0.15, 0.2) is 60.9 Å². The van der Waals surface area contributed by atoms with Crippen LogP contribution in [0.4, 0.5) is 18.9 Å². The quantitative estimate of drug-likeness (QED) is 0.527. The number of methoxy groups -OCH3 is 1. The van der Waals surface area contributed by atoms with Crippen molar-refractivity contribution in [1.82, 2.24) is 4.98 Å². The number of nitrogens with zero attached hydrogens (tertiary/aromatic N) is 1. The summed E-state index contributed by atoms with van der Waals surface area (Å²) >= 11 is 0. The zero-order valence-corrected chi connectivity index (χ0v) is 17.3. The van der Waals surface area contributed by atoms with Crippen LogP contribution in [-0.2, 0) is 10.9 Å². The minimum atomic E-state index is -4.36. The lowest BCUT2D eigenvalue weighted by molar-refractivity contribution is -0.137. The maximum absolute atomic E-state index is 12.8. The van der Waals surface area contributed by atoms with Crippen LogP contribution >= 0.6 is 0 Å². The van der Waals surface area contributed by atoms with Crippen molar-refractivity contribution in [2.24, 2.45) is 0 Å². The monoisotopic (exact) mass is 442 g/mol. The van der Waals surface area contributed by atoms with Crippen LogP contribution in [0.3, 0.4) is 0 Å². The Kier molecular flexibility index (Phi) is 6.03. The van der Waals surface area contributed by atoms with Gasteiger partial charge in [0.1, 0.15) is 5.75 Å². The maximum atomic E-state index is 12.8. The molecule has 32 heavy (non-hydrogen) atoms. The molecule has 8 heteroatoms. The van der Waals surface area contributed by atoms with Crippen molar-refractivity contribution in [2.75, 3.05) is 25.6 Å². The molecular weight excluding hydrogens is 421 g/mol. The van der Waals surface area contributed by atoms with Crippen LogP contribution in [-0.4, -0.2) is 31.2 Å². The molecule has 1 aromatic heterocycles. The average Bonchev–Trinajstić information content (AvgIpc) is 2.81. The van der Waals surface area contributed by atoms with Gasteiger partial charge in [0.25, 0.3) is 0 Å². The number of hydrogen-bond donors (Lipinski definition) is 1. The summed E-state index contributed by atoms with van der Waals surface area (Å²) in [4.78, 5) is 16.0. The Morgan fingerprint density at radius 1 is 1.16 bits per heavy atom. The van der Waals surface area contributed by atoms with Gasteiger partial charge in [-0.15, -0.1) is 0 Å². The van der Waals surface area contributed by atoms with Gasteiger partial charge in [0.05, 0.1) is 36.7 Å². The summed E-state index contributed by atoms with van der Waals surface area (Å²) in [5.41, 5.74) is 2.79. The highest BCUT2D eigenvalue weighted by molar-refractivity contribution is 5.95. The number of alkyl halides is 3. The zero-order chi connectivity index (χ0) is 22.7. The van der Waals surface area contributed by atoms with Gasteiger partial charge >= 0.3 is 12.1 Å². The number of carbonyl (C=O) groups excluding carboxylic acids is 1. The second-order valence-electron chi connectivity index (χ2n) is 7.46. The molecule has 1 aliphatic rings. The van der Waals surface area contributed by atoms with Crippen molar-refractivity contribution >= 4 is 11.7 Å². The summed E-state index contributed by atoms with van der Waals surface area (Å²) in [5.74, 6) is 0.398. The van der Waals surface area contributed by atoms with Crippen molar-refractivity contribution in [3.05, 3.63) is 77.6 Å². The molecule has 4 rings (SSSR count). The van der Waals surface area contributed by atoms with E-state index in [0.717, 1.165) is 29.7 Å². The minimum absolute atomic E-state index is 0.131. The van der Waals surface area contributed by atoms with Gasteiger partial charge in [-0.3, -0.25) is 4.98 Å². The third-order valence-corrected chi connectivity index (χ3v) is 5.49. The van der Waals surface area contributed by atoms with Crippen LogP contribution in [0, 0.1) is 0 Å². The first-order valence-corrected chi connectivity index (χ1v) is 10.1. The largest absolute Gasteiger partial charge is 0.493 e. The molecule has 1 atom stereocenters. The maximum Gasteiger partial charge on any atom is 0.416 e. The molecule has 0 amide bonds. The fourth-order valence-corrected chi connectivity index (χ4v) is 3.76. The number of rotatable bonds is 5. The molecule has 1 aliphatic heterocycles. The summed E-state index contributed by atoms with van der Waals surface area (Å²) < 4.78 is 49.1. The molecular formula is C24H21F3N2O3. The number of benzene rings is 2. The third-order valence-electron chi connectivity index (χ3n) is 5.49. The normalized spacial score (nSPS) is 15.4. The first kappa shape index (κ1) is 21.7. The molecule has 0 fully saturated rings. The van der Waals surface area contributed by atoms with Gasteiger partial charge in [0, 0.05) is 18.7 Å². The fraction of sp³-hybridized carbons (Fsp3) is 0.250. The number of anilines is 1. The smallest absolute Gasteiger partial charge is 0.416 e. The SMILES string of the molecule is COC(=O)c1ccncc1NCC1CCOc2cc(-c3ccc(C(F)(F)F)cc3)ccc21. The summed E-state index contributed by atoms with van der Waals surface area (Å²) in [6.07, 6.45) is -0.461. The van der Waals surface area contributed by atoms with E-state index in [1.165, 1.54) is 25.4 Å².